The maximum Gasteiger partial charge on any atom is 0.261 e. The third kappa shape index (κ3) is 5.61. The van der Waals surface area contributed by atoms with Crippen LogP contribution in [-0.2, 0) is 11.2 Å². The van der Waals surface area contributed by atoms with E-state index in [1.54, 1.807) is 30.3 Å². The molecule has 0 saturated heterocycles. The summed E-state index contributed by atoms with van der Waals surface area (Å²) in [5.74, 6) is -0.351. The highest BCUT2D eigenvalue weighted by atomic mass is 35.5. The number of halogens is 1. The van der Waals surface area contributed by atoms with Crippen LogP contribution in [-0.4, -0.2) is 12.5 Å². The van der Waals surface area contributed by atoms with E-state index >= 15 is 0 Å². The Labute approximate surface area is 141 Å². The molecular formula is C19H17ClN2O. The molecule has 0 saturated carbocycles. The molecule has 0 bridgehead atoms. The van der Waals surface area contributed by atoms with Crippen molar-refractivity contribution in [1.29, 1.82) is 5.26 Å². The molecule has 1 amide bonds. The summed E-state index contributed by atoms with van der Waals surface area (Å²) in [5.41, 5.74) is 2.09. The largest absolute Gasteiger partial charge is 0.351 e. The number of aryl methyl sites for hydroxylation is 1. The van der Waals surface area contributed by atoms with E-state index < -0.39 is 0 Å². The van der Waals surface area contributed by atoms with Crippen LogP contribution < -0.4 is 5.32 Å². The molecule has 0 aliphatic heterocycles. The van der Waals surface area contributed by atoms with E-state index in [0.29, 0.717) is 11.6 Å². The number of nitriles is 1. The molecule has 2 rings (SSSR count). The molecule has 3 nitrogen and oxygen atoms in total. The van der Waals surface area contributed by atoms with Crippen molar-refractivity contribution in [3.05, 3.63) is 76.3 Å². The number of hydrogen-bond donors (Lipinski definition) is 1. The maximum absolute atomic E-state index is 12.0. The van der Waals surface area contributed by atoms with Gasteiger partial charge in [-0.25, -0.2) is 0 Å². The number of nitrogens with zero attached hydrogens (tertiary/aromatic N) is 1. The minimum absolute atomic E-state index is 0.0898. The van der Waals surface area contributed by atoms with Crippen LogP contribution >= 0.6 is 11.6 Å². The van der Waals surface area contributed by atoms with Crippen LogP contribution in [0.3, 0.4) is 0 Å². The lowest BCUT2D eigenvalue weighted by Crippen LogP contribution is -2.25. The zero-order valence-electron chi connectivity index (χ0n) is 12.6. The third-order valence-corrected chi connectivity index (χ3v) is 3.57. The lowest BCUT2D eigenvalue weighted by Gasteiger charge is -2.05. The average Bonchev–Trinajstić information content (AvgIpc) is 2.59. The van der Waals surface area contributed by atoms with E-state index in [1.165, 1.54) is 5.56 Å². The number of nitrogens with one attached hydrogen (secondary N) is 1. The smallest absolute Gasteiger partial charge is 0.261 e. The normalized spacial score (nSPS) is 10.9. The topological polar surface area (TPSA) is 52.9 Å². The second kappa shape index (κ2) is 8.77. The first-order valence-electron chi connectivity index (χ1n) is 7.38. The first kappa shape index (κ1) is 16.8. The van der Waals surface area contributed by atoms with Gasteiger partial charge in [-0.3, -0.25) is 4.79 Å². The number of carbonyl (C=O) groups is 1. The molecule has 0 aliphatic rings. The number of rotatable bonds is 6. The Morgan fingerprint density at radius 3 is 2.48 bits per heavy atom. The van der Waals surface area contributed by atoms with Crippen molar-refractivity contribution in [2.75, 3.05) is 6.54 Å². The van der Waals surface area contributed by atoms with Crippen LogP contribution in [0.25, 0.3) is 6.08 Å². The molecule has 0 atom stereocenters. The Bertz CT molecular complexity index is 715. The van der Waals surface area contributed by atoms with Gasteiger partial charge in [0.1, 0.15) is 11.6 Å². The van der Waals surface area contributed by atoms with E-state index in [1.807, 2.05) is 24.3 Å². The molecule has 116 valence electrons. The third-order valence-electron chi connectivity index (χ3n) is 3.32. The molecule has 2 aromatic rings. The SMILES string of the molecule is N#C/C(=C/c1ccc(Cl)cc1)C(=O)NCCCc1ccccc1. The van der Waals surface area contributed by atoms with Crippen molar-refractivity contribution >= 4 is 23.6 Å². The van der Waals surface area contributed by atoms with E-state index in [4.69, 9.17) is 16.9 Å². The molecule has 0 heterocycles. The number of hydrogen-bond acceptors (Lipinski definition) is 2. The van der Waals surface area contributed by atoms with Crippen molar-refractivity contribution in [2.45, 2.75) is 12.8 Å². The standard InChI is InChI=1S/C19H17ClN2O/c20-18-10-8-16(9-11-18)13-17(14-21)19(23)22-12-4-7-15-5-2-1-3-6-15/h1-3,5-6,8-11,13H,4,7,12H2,(H,22,23)/b17-13-. The fraction of sp³-hybridized carbons (Fsp3) is 0.158. The highest BCUT2D eigenvalue weighted by Crippen LogP contribution is 2.12. The van der Waals surface area contributed by atoms with Gasteiger partial charge in [0.05, 0.1) is 0 Å². The summed E-state index contributed by atoms with van der Waals surface area (Å²) in [7, 11) is 0. The molecule has 0 fully saturated rings. The maximum atomic E-state index is 12.0. The molecule has 0 aromatic heterocycles. The summed E-state index contributed by atoms with van der Waals surface area (Å²) in [4.78, 5) is 12.0. The van der Waals surface area contributed by atoms with Crippen LogP contribution in [0.2, 0.25) is 5.02 Å². The Kier molecular flexibility index (Phi) is 6.40. The molecule has 0 spiro atoms. The van der Waals surface area contributed by atoms with Gasteiger partial charge in [0.25, 0.3) is 5.91 Å². The predicted molar refractivity (Wildman–Crippen MR) is 92.8 cm³/mol. The average molecular weight is 325 g/mol. The van der Waals surface area contributed by atoms with Gasteiger partial charge in [-0.1, -0.05) is 54.1 Å². The molecule has 1 N–H and O–H groups in total. The summed E-state index contributed by atoms with van der Waals surface area (Å²) in [6.45, 7) is 0.535. The first-order chi connectivity index (χ1) is 11.2. The monoisotopic (exact) mass is 324 g/mol. The fourth-order valence-electron chi connectivity index (χ4n) is 2.11. The highest BCUT2D eigenvalue weighted by molar-refractivity contribution is 6.30. The quantitative estimate of drug-likeness (QED) is 0.496. The van der Waals surface area contributed by atoms with Gasteiger partial charge in [-0.2, -0.15) is 5.26 Å². The second-order valence-electron chi connectivity index (χ2n) is 5.07. The van der Waals surface area contributed by atoms with Crippen LogP contribution in [0.4, 0.5) is 0 Å². The number of amides is 1. The first-order valence-corrected chi connectivity index (χ1v) is 7.76. The summed E-state index contributed by atoms with van der Waals surface area (Å²) < 4.78 is 0. The summed E-state index contributed by atoms with van der Waals surface area (Å²) >= 11 is 5.81. The highest BCUT2D eigenvalue weighted by Gasteiger charge is 2.08. The van der Waals surface area contributed by atoms with Crippen molar-refractivity contribution < 1.29 is 4.79 Å². The zero-order chi connectivity index (χ0) is 16.5. The van der Waals surface area contributed by atoms with Crippen molar-refractivity contribution in [1.82, 2.24) is 5.32 Å². The lowest BCUT2D eigenvalue weighted by molar-refractivity contribution is -0.117. The van der Waals surface area contributed by atoms with Crippen molar-refractivity contribution in [2.24, 2.45) is 0 Å². The Balaban J connectivity index is 1.85. The minimum atomic E-state index is -0.351. The van der Waals surface area contributed by atoms with Gasteiger partial charge in [-0.05, 0) is 42.2 Å². The Morgan fingerprint density at radius 2 is 1.83 bits per heavy atom. The van der Waals surface area contributed by atoms with E-state index in [9.17, 15) is 4.79 Å². The number of carbonyl (C=O) groups excluding carboxylic acids is 1. The summed E-state index contributed by atoms with van der Waals surface area (Å²) in [5, 5.41) is 12.5. The summed E-state index contributed by atoms with van der Waals surface area (Å²) in [6, 6.07) is 19.0. The Morgan fingerprint density at radius 1 is 1.13 bits per heavy atom. The van der Waals surface area contributed by atoms with Crippen LogP contribution in [0, 0.1) is 11.3 Å². The molecule has 2 aromatic carbocycles. The van der Waals surface area contributed by atoms with Crippen LogP contribution in [0.1, 0.15) is 17.5 Å². The van der Waals surface area contributed by atoms with Gasteiger partial charge in [0, 0.05) is 11.6 Å². The van der Waals surface area contributed by atoms with E-state index in [0.717, 1.165) is 18.4 Å². The van der Waals surface area contributed by atoms with E-state index in [-0.39, 0.29) is 11.5 Å². The second-order valence-corrected chi connectivity index (χ2v) is 5.50. The van der Waals surface area contributed by atoms with Crippen LogP contribution in [0.15, 0.2) is 60.2 Å². The summed E-state index contributed by atoms with van der Waals surface area (Å²) in [6.07, 6.45) is 3.28. The van der Waals surface area contributed by atoms with Gasteiger partial charge >= 0.3 is 0 Å². The molecule has 0 radical (unpaired) electrons. The van der Waals surface area contributed by atoms with Gasteiger partial charge in [0.15, 0.2) is 0 Å². The van der Waals surface area contributed by atoms with E-state index in [2.05, 4.69) is 17.4 Å². The van der Waals surface area contributed by atoms with Crippen LogP contribution in [0.5, 0.6) is 0 Å². The Hall–Kier alpha value is -2.57. The molecule has 23 heavy (non-hydrogen) atoms. The minimum Gasteiger partial charge on any atom is -0.351 e. The zero-order valence-corrected chi connectivity index (χ0v) is 13.4. The van der Waals surface area contributed by atoms with Gasteiger partial charge in [-0.15, -0.1) is 0 Å². The van der Waals surface area contributed by atoms with Gasteiger partial charge < -0.3 is 5.32 Å². The van der Waals surface area contributed by atoms with Crippen molar-refractivity contribution in [3.63, 3.8) is 0 Å². The molecular weight excluding hydrogens is 308 g/mol. The van der Waals surface area contributed by atoms with Crippen molar-refractivity contribution in [3.8, 4) is 6.07 Å². The lowest BCUT2D eigenvalue weighted by atomic mass is 10.1. The molecule has 0 unspecified atom stereocenters. The van der Waals surface area contributed by atoms with Gasteiger partial charge in [0.2, 0.25) is 0 Å². The fourth-order valence-corrected chi connectivity index (χ4v) is 2.23. The molecule has 0 aliphatic carbocycles. The predicted octanol–water partition coefficient (Wildman–Crippen LogP) is 4.00. The molecule has 4 heteroatoms. The number of benzene rings is 2.